The zero-order chi connectivity index (χ0) is 12.7. The zero-order valence-corrected chi connectivity index (χ0v) is 10.7. The van der Waals surface area contributed by atoms with Crippen molar-refractivity contribution in [3.05, 3.63) is 12.1 Å². The van der Waals surface area contributed by atoms with Gasteiger partial charge in [-0.1, -0.05) is 0 Å². The minimum absolute atomic E-state index is 0. The third-order valence-corrected chi connectivity index (χ3v) is 3.52. The van der Waals surface area contributed by atoms with Crippen LogP contribution in [0.3, 0.4) is 0 Å². The molecule has 0 aliphatic heterocycles. The van der Waals surface area contributed by atoms with Gasteiger partial charge < -0.3 is 23.8 Å². The first-order valence-electron chi connectivity index (χ1n) is 3.67. The fourth-order valence-electron chi connectivity index (χ4n) is 1.04. The first kappa shape index (κ1) is 18.9. The summed E-state index contributed by atoms with van der Waals surface area (Å²) in [5, 5.41) is 0. The highest BCUT2D eigenvalue weighted by Gasteiger charge is 2.22. The SMILES string of the molecule is N.N.Nc1cc(N)c(S(=O)(=O)O)cc1S(=O)(=O)O. The van der Waals surface area contributed by atoms with Crippen LogP contribution in [0.25, 0.3) is 0 Å². The van der Waals surface area contributed by atoms with Crippen molar-refractivity contribution in [2.45, 2.75) is 9.79 Å². The van der Waals surface area contributed by atoms with Crippen LogP contribution in [0.5, 0.6) is 0 Å². The van der Waals surface area contributed by atoms with Crippen molar-refractivity contribution >= 4 is 31.6 Å². The Hall–Kier alpha value is -1.44. The van der Waals surface area contributed by atoms with Gasteiger partial charge in [0.15, 0.2) is 0 Å². The van der Waals surface area contributed by atoms with Crippen LogP contribution in [-0.4, -0.2) is 25.9 Å². The molecule has 18 heavy (non-hydrogen) atoms. The summed E-state index contributed by atoms with van der Waals surface area (Å²) >= 11 is 0. The van der Waals surface area contributed by atoms with E-state index in [2.05, 4.69) is 0 Å². The van der Waals surface area contributed by atoms with E-state index in [-0.39, 0.29) is 12.3 Å². The number of rotatable bonds is 2. The molecule has 0 bridgehead atoms. The summed E-state index contributed by atoms with van der Waals surface area (Å²) in [7, 11) is -9.38. The molecule has 12 N–H and O–H groups in total. The maximum atomic E-state index is 10.8. The van der Waals surface area contributed by atoms with Crippen LogP contribution >= 0.6 is 0 Å². The minimum atomic E-state index is -4.69. The van der Waals surface area contributed by atoms with E-state index in [1.54, 1.807) is 0 Å². The van der Waals surface area contributed by atoms with E-state index in [9.17, 15) is 16.8 Å². The molecule has 0 spiro atoms. The average Bonchev–Trinajstić information content (AvgIpc) is 1.97. The van der Waals surface area contributed by atoms with E-state index in [0.29, 0.717) is 6.07 Å². The van der Waals surface area contributed by atoms with E-state index >= 15 is 0 Å². The normalized spacial score (nSPS) is 11.2. The van der Waals surface area contributed by atoms with Gasteiger partial charge in [-0.15, -0.1) is 0 Å². The van der Waals surface area contributed by atoms with Crippen molar-refractivity contribution in [3.63, 3.8) is 0 Å². The molecule has 0 atom stereocenters. The quantitative estimate of drug-likeness (QED) is 0.307. The van der Waals surface area contributed by atoms with Gasteiger partial charge in [0.25, 0.3) is 20.2 Å². The van der Waals surface area contributed by atoms with Crippen molar-refractivity contribution in [2.75, 3.05) is 11.5 Å². The van der Waals surface area contributed by atoms with Gasteiger partial charge in [-0.3, -0.25) is 9.11 Å². The predicted molar refractivity (Wildman–Crippen MR) is 64.9 cm³/mol. The highest BCUT2D eigenvalue weighted by Crippen LogP contribution is 2.27. The van der Waals surface area contributed by atoms with Crippen LogP contribution in [-0.2, 0) is 20.2 Å². The summed E-state index contributed by atoms with van der Waals surface area (Å²) in [6.07, 6.45) is 0. The van der Waals surface area contributed by atoms with Gasteiger partial charge >= 0.3 is 0 Å². The van der Waals surface area contributed by atoms with Crippen LogP contribution < -0.4 is 23.8 Å². The van der Waals surface area contributed by atoms with Crippen molar-refractivity contribution in [1.82, 2.24) is 12.3 Å². The van der Waals surface area contributed by atoms with Gasteiger partial charge in [-0.25, -0.2) is 0 Å². The molecular formula is C6H14N4O6S2. The van der Waals surface area contributed by atoms with Gasteiger partial charge in [0.2, 0.25) is 0 Å². The maximum Gasteiger partial charge on any atom is 0.296 e. The second kappa shape index (κ2) is 5.47. The second-order valence-electron chi connectivity index (χ2n) is 2.88. The Kier molecular flexibility index (Phi) is 5.75. The molecule has 1 rings (SSSR count). The third-order valence-electron chi connectivity index (χ3n) is 1.70. The summed E-state index contributed by atoms with van der Waals surface area (Å²) in [6, 6.07) is 1.29. The van der Waals surface area contributed by atoms with E-state index in [4.69, 9.17) is 20.6 Å². The summed E-state index contributed by atoms with van der Waals surface area (Å²) in [5.41, 5.74) is 9.60. The largest absolute Gasteiger partial charge is 0.398 e. The number of benzene rings is 1. The standard InChI is InChI=1S/C6H8N2O6S2.2H3N/c7-3-1-4(8)6(16(12,13)14)2-5(3)15(9,10)11;;/h1-2H,7-8H2,(H,9,10,11)(H,12,13,14);2*1H3. The Morgan fingerprint density at radius 3 is 1.28 bits per heavy atom. The van der Waals surface area contributed by atoms with Crippen molar-refractivity contribution in [3.8, 4) is 0 Å². The lowest BCUT2D eigenvalue weighted by molar-refractivity contribution is 0.482. The van der Waals surface area contributed by atoms with Gasteiger partial charge in [0.05, 0.1) is 11.4 Å². The first-order valence-corrected chi connectivity index (χ1v) is 6.55. The smallest absolute Gasteiger partial charge is 0.296 e. The minimum Gasteiger partial charge on any atom is -0.398 e. The molecule has 0 unspecified atom stereocenters. The topological polar surface area (TPSA) is 231 Å². The molecule has 0 radical (unpaired) electrons. The molecule has 0 heterocycles. The summed E-state index contributed by atoms with van der Waals surface area (Å²) in [5.74, 6) is 0. The summed E-state index contributed by atoms with van der Waals surface area (Å²) < 4.78 is 60.7. The molecule has 0 saturated carbocycles. The maximum absolute atomic E-state index is 10.8. The van der Waals surface area contributed by atoms with Gasteiger partial charge in [0.1, 0.15) is 9.79 Å². The first-order chi connectivity index (χ1) is 7.03. The van der Waals surface area contributed by atoms with Crippen LogP contribution in [0, 0.1) is 0 Å². The molecular weight excluding hydrogens is 288 g/mol. The van der Waals surface area contributed by atoms with Crippen LogP contribution in [0.4, 0.5) is 11.4 Å². The lowest BCUT2D eigenvalue weighted by atomic mass is 10.3. The van der Waals surface area contributed by atoms with Gasteiger partial charge in [-0.2, -0.15) is 16.8 Å². The number of nitrogens with two attached hydrogens (primary N) is 2. The van der Waals surface area contributed by atoms with E-state index < -0.39 is 41.4 Å². The van der Waals surface area contributed by atoms with Crippen molar-refractivity contribution < 1.29 is 25.9 Å². The Balaban J connectivity index is 0. The van der Waals surface area contributed by atoms with Gasteiger partial charge in [0, 0.05) is 0 Å². The molecule has 0 fully saturated rings. The molecule has 10 nitrogen and oxygen atoms in total. The number of nitrogen functional groups attached to an aromatic ring is 2. The highest BCUT2D eigenvalue weighted by atomic mass is 32.2. The monoisotopic (exact) mass is 302 g/mol. The van der Waals surface area contributed by atoms with E-state index in [1.807, 2.05) is 0 Å². The Morgan fingerprint density at radius 1 is 0.778 bits per heavy atom. The molecule has 1 aromatic rings. The van der Waals surface area contributed by atoms with E-state index in [0.717, 1.165) is 6.07 Å². The molecule has 0 aliphatic carbocycles. The average molecular weight is 302 g/mol. The lowest BCUT2D eigenvalue weighted by Crippen LogP contribution is -2.09. The Morgan fingerprint density at radius 2 is 1.06 bits per heavy atom. The fraction of sp³-hybridized carbons (Fsp3) is 0. The number of hydrogen-bond donors (Lipinski definition) is 6. The van der Waals surface area contributed by atoms with Crippen LogP contribution in [0.15, 0.2) is 21.9 Å². The number of hydrogen-bond acceptors (Lipinski definition) is 8. The molecule has 106 valence electrons. The number of anilines is 2. The summed E-state index contributed by atoms with van der Waals surface area (Å²) in [6.45, 7) is 0. The fourth-order valence-corrected chi connectivity index (χ4v) is 2.36. The molecule has 0 aliphatic rings. The molecule has 0 saturated heterocycles. The predicted octanol–water partition coefficient (Wildman–Crippen LogP) is -0.332. The van der Waals surface area contributed by atoms with E-state index in [1.165, 1.54) is 0 Å². The zero-order valence-electron chi connectivity index (χ0n) is 9.07. The summed E-state index contributed by atoms with van der Waals surface area (Å²) in [4.78, 5) is -1.68. The molecule has 0 amide bonds. The van der Waals surface area contributed by atoms with Crippen LogP contribution in [0.1, 0.15) is 0 Å². The highest BCUT2D eigenvalue weighted by molar-refractivity contribution is 7.86. The van der Waals surface area contributed by atoms with Crippen molar-refractivity contribution in [2.24, 2.45) is 0 Å². The van der Waals surface area contributed by atoms with Gasteiger partial charge in [-0.05, 0) is 12.1 Å². The molecule has 0 aromatic heterocycles. The van der Waals surface area contributed by atoms with Crippen molar-refractivity contribution in [1.29, 1.82) is 0 Å². The Labute approximate surface area is 104 Å². The third kappa shape index (κ3) is 3.80. The molecule has 1 aromatic carbocycles. The second-order valence-corrected chi connectivity index (χ2v) is 5.66. The lowest BCUT2D eigenvalue weighted by Gasteiger charge is -2.07. The Bertz CT molecular complexity index is 585. The molecule has 12 heteroatoms. The van der Waals surface area contributed by atoms with Crippen LogP contribution in [0.2, 0.25) is 0 Å².